The third kappa shape index (κ3) is 6.42. The zero-order valence-corrected chi connectivity index (χ0v) is 16.8. The van der Waals surface area contributed by atoms with Crippen LogP contribution in [-0.2, 0) is 20.7 Å². The molecule has 0 spiro atoms. The molecule has 9 nitrogen and oxygen atoms in total. The Balaban J connectivity index is 1.94. The lowest BCUT2D eigenvalue weighted by Crippen LogP contribution is -2.56. The predicted octanol–water partition coefficient (Wildman–Crippen LogP) is -0.384. The third-order valence-electron chi connectivity index (χ3n) is 4.37. The van der Waals surface area contributed by atoms with Crippen LogP contribution in [0.15, 0.2) is 18.3 Å². The average Bonchev–Trinajstić information content (AvgIpc) is 2.67. The number of aromatic nitrogens is 1. The number of aliphatic hydroxyl groups is 2. The second-order valence-corrected chi connectivity index (χ2v) is 7.80. The molecule has 0 aromatic carbocycles. The van der Waals surface area contributed by atoms with Crippen molar-refractivity contribution < 1.29 is 24.5 Å². The minimum atomic E-state index is -0.863. The molecule has 1 aliphatic rings. The topological polar surface area (TPSA) is 147 Å². The van der Waals surface area contributed by atoms with Crippen LogP contribution in [-0.4, -0.2) is 69.1 Å². The highest BCUT2D eigenvalue weighted by Gasteiger charge is 2.39. The minimum absolute atomic E-state index is 0.199. The van der Waals surface area contributed by atoms with Crippen molar-refractivity contribution >= 4 is 29.4 Å². The number of nitrogens with one attached hydrogen (secondary N) is 2. The van der Waals surface area contributed by atoms with E-state index in [0.29, 0.717) is 5.82 Å². The summed E-state index contributed by atoms with van der Waals surface area (Å²) in [7, 11) is 0. The maximum Gasteiger partial charge on any atom is 0.243 e. The molecule has 1 fully saturated rings. The number of aliphatic hydroxyl groups excluding tert-OH is 2. The zero-order valence-electron chi connectivity index (χ0n) is 16.0. The van der Waals surface area contributed by atoms with E-state index in [-0.39, 0.29) is 30.6 Å². The molecule has 2 heterocycles. The van der Waals surface area contributed by atoms with E-state index in [1.807, 2.05) is 13.0 Å². The van der Waals surface area contributed by atoms with Crippen LogP contribution in [0.2, 0.25) is 0 Å². The zero-order chi connectivity index (χ0) is 20.7. The second kappa shape index (κ2) is 10.7. The standard InChI is InChI=1S/C18H28N4O5S/c1-3-11-4-5-20-15(6-11)22-17(26)13(19)9-28-18-16(21-10(2)24)14(25)7-12(8-23)27-18/h4-6,12-14,16,18,23,25H,3,7-9,19H2,1-2H3,(H,21,24)(H,20,22,26)/t12-,13-,14-,16+,18-/m0/s1. The first kappa shape index (κ1) is 22.6. The number of thioether (sulfide) groups is 1. The van der Waals surface area contributed by atoms with E-state index in [1.165, 1.54) is 18.7 Å². The Labute approximate surface area is 168 Å². The van der Waals surface area contributed by atoms with Gasteiger partial charge in [-0.3, -0.25) is 9.59 Å². The first-order chi connectivity index (χ1) is 13.3. The largest absolute Gasteiger partial charge is 0.394 e. The van der Waals surface area contributed by atoms with E-state index in [0.717, 1.165) is 12.0 Å². The van der Waals surface area contributed by atoms with Crippen LogP contribution in [0, 0.1) is 0 Å². The van der Waals surface area contributed by atoms with Crippen LogP contribution < -0.4 is 16.4 Å². The smallest absolute Gasteiger partial charge is 0.243 e. The molecule has 1 saturated heterocycles. The lowest BCUT2D eigenvalue weighted by atomic mass is 10.0. The van der Waals surface area contributed by atoms with E-state index in [1.54, 1.807) is 12.3 Å². The van der Waals surface area contributed by atoms with Crippen LogP contribution >= 0.6 is 11.8 Å². The molecule has 156 valence electrons. The SMILES string of the molecule is CCc1ccnc(NC(=O)[C@@H](N)CS[C@@H]2O[C@H](CO)C[C@H](O)[C@H]2NC(C)=O)c1. The number of carbonyl (C=O) groups is 2. The van der Waals surface area contributed by atoms with Crippen molar-refractivity contribution in [2.75, 3.05) is 17.7 Å². The lowest BCUT2D eigenvalue weighted by molar-refractivity contribution is -0.128. The van der Waals surface area contributed by atoms with Crippen LogP contribution in [0.1, 0.15) is 25.8 Å². The summed E-state index contributed by atoms with van der Waals surface area (Å²) in [4.78, 5) is 27.9. The van der Waals surface area contributed by atoms with Gasteiger partial charge in [0, 0.05) is 25.3 Å². The van der Waals surface area contributed by atoms with Crippen LogP contribution in [0.5, 0.6) is 0 Å². The summed E-state index contributed by atoms with van der Waals surface area (Å²) in [6, 6.07) is 2.17. The number of ether oxygens (including phenoxy) is 1. The maximum atomic E-state index is 12.3. The fraction of sp³-hybridized carbons (Fsp3) is 0.611. The van der Waals surface area contributed by atoms with Gasteiger partial charge < -0.3 is 31.3 Å². The summed E-state index contributed by atoms with van der Waals surface area (Å²) in [6.45, 7) is 3.11. The molecule has 0 bridgehead atoms. The fourth-order valence-corrected chi connectivity index (χ4v) is 4.08. The maximum absolute atomic E-state index is 12.3. The van der Waals surface area contributed by atoms with Gasteiger partial charge in [-0.1, -0.05) is 6.92 Å². The first-order valence-electron chi connectivity index (χ1n) is 9.18. The number of hydrogen-bond donors (Lipinski definition) is 5. The molecule has 1 aliphatic heterocycles. The fourth-order valence-electron chi connectivity index (χ4n) is 2.84. The highest BCUT2D eigenvalue weighted by Crippen LogP contribution is 2.28. The second-order valence-electron chi connectivity index (χ2n) is 6.67. The molecule has 0 radical (unpaired) electrons. The van der Waals surface area contributed by atoms with E-state index < -0.39 is 29.7 Å². The molecular formula is C18H28N4O5S. The Kier molecular flexibility index (Phi) is 8.64. The van der Waals surface area contributed by atoms with Gasteiger partial charge in [0.1, 0.15) is 11.3 Å². The number of anilines is 1. The van der Waals surface area contributed by atoms with Crippen molar-refractivity contribution in [2.24, 2.45) is 5.73 Å². The molecule has 1 aromatic heterocycles. The third-order valence-corrected chi connectivity index (χ3v) is 5.66. The molecule has 0 aliphatic carbocycles. The van der Waals surface area contributed by atoms with E-state index in [2.05, 4.69) is 15.6 Å². The van der Waals surface area contributed by atoms with Crippen molar-refractivity contribution in [1.82, 2.24) is 10.3 Å². The molecular weight excluding hydrogens is 384 g/mol. The summed E-state index contributed by atoms with van der Waals surface area (Å²) >= 11 is 1.21. The van der Waals surface area contributed by atoms with Crippen molar-refractivity contribution in [2.45, 2.75) is 56.4 Å². The Morgan fingerprint density at radius 2 is 2.25 bits per heavy atom. The Bertz CT molecular complexity index is 677. The van der Waals surface area contributed by atoms with E-state index in [9.17, 15) is 19.8 Å². The highest BCUT2D eigenvalue weighted by molar-refractivity contribution is 7.99. The number of nitrogens with zero attached hydrogens (tertiary/aromatic N) is 1. The molecule has 6 N–H and O–H groups in total. The number of rotatable bonds is 8. The van der Waals surface area contributed by atoms with Crippen molar-refractivity contribution in [3.05, 3.63) is 23.9 Å². The molecule has 5 atom stereocenters. The number of aryl methyl sites for hydroxylation is 1. The van der Waals surface area contributed by atoms with Crippen molar-refractivity contribution in [1.29, 1.82) is 0 Å². The first-order valence-corrected chi connectivity index (χ1v) is 10.2. The molecule has 0 saturated carbocycles. The minimum Gasteiger partial charge on any atom is -0.394 e. The number of carbonyl (C=O) groups excluding carboxylic acids is 2. The summed E-state index contributed by atoms with van der Waals surface area (Å²) in [5.74, 6) is -0.0557. The molecule has 1 aromatic rings. The van der Waals surface area contributed by atoms with Gasteiger partial charge in [0.15, 0.2) is 0 Å². The van der Waals surface area contributed by atoms with Gasteiger partial charge in [-0.2, -0.15) is 0 Å². The molecule has 0 unspecified atom stereocenters. The highest BCUT2D eigenvalue weighted by atomic mass is 32.2. The van der Waals surface area contributed by atoms with Gasteiger partial charge >= 0.3 is 0 Å². The van der Waals surface area contributed by atoms with Gasteiger partial charge in [-0.05, 0) is 24.1 Å². The van der Waals surface area contributed by atoms with E-state index >= 15 is 0 Å². The average molecular weight is 413 g/mol. The quantitative estimate of drug-likeness (QED) is 0.388. The van der Waals surface area contributed by atoms with Gasteiger partial charge in [-0.25, -0.2) is 4.98 Å². The van der Waals surface area contributed by atoms with Crippen LogP contribution in [0.3, 0.4) is 0 Å². The Morgan fingerprint density at radius 1 is 1.50 bits per heavy atom. The summed E-state index contributed by atoms with van der Waals surface area (Å²) in [5.41, 5.74) is 6.40. The van der Waals surface area contributed by atoms with Gasteiger partial charge in [0.25, 0.3) is 0 Å². The normalized spacial score (nSPS) is 25.8. The molecule has 10 heteroatoms. The monoisotopic (exact) mass is 412 g/mol. The number of hydrogen-bond acceptors (Lipinski definition) is 8. The summed E-state index contributed by atoms with van der Waals surface area (Å²) in [5, 5.41) is 25.0. The predicted molar refractivity (Wildman–Crippen MR) is 107 cm³/mol. The Hall–Kier alpha value is -1.72. The van der Waals surface area contributed by atoms with Crippen molar-refractivity contribution in [3.63, 3.8) is 0 Å². The summed E-state index contributed by atoms with van der Waals surface area (Å²) < 4.78 is 5.74. The number of pyridine rings is 1. The Morgan fingerprint density at radius 3 is 2.89 bits per heavy atom. The summed E-state index contributed by atoms with van der Waals surface area (Å²) in [6.07, 6.45) is 1.26. The number of amides is 2. The van der Waals surface area contributed by atoms with Gasteiger partial charge in [0.05, 0.1) is 30.9 Å². The molecule has 2 amide bonds. The molecule has 28 heavy (non-hydrogen) atoms. The van der Waals surface area contributed by atoms with Crippen LogP contribution in [0.4, 0.5) is 5.82 Å². The van der Waals surface area contributed by atoms with Crippen molar-refractivity contribution in [3.8, 4) is 0 Å². The van der Waals surface area contributed by atoms with Gasteiger partial charge in [0.2, 0.25) is 11.8 Å². The van der Waals surface area contributed by atoms with Gasteiger partial charge in [-0.15, -0.1) is 11.8 Å². The molecule has 2 rings (SSSR count). The number of nitrogens with two attached hydrogens (primary N) is 1. The van der Waals surface area contributed by atoms with E-state index in [4.69, 9.17) is 10.5 Å². The lowest BCUT2D eigenvalue weighted by Gasteiger charge is -2.39. The van der Waals surface area contributed by atoms with Crippen LogP contribution in [0.25, 0.3) is 0 Å².